The van der Waals surface area contributed by atoms with Crippen molar-refractivity contribution in [3.8, 4) is 5.75 Å². The number of ketones is 1. The topological polar surface area (TPSA) is 83.9 Å². The Balaban J connectivity index is 1.65. The monoisotopic (exact) mass is 457 g/mol. The minimum atomic E-state index is -1.51. The Hall–Kier alpha value is -3.29. The van der Waals surface area contributed by atoms with Gasteiger partial charge in [0.2, 0.25) is 5.91 Å². The van der Waals surface area contributed by atoms with Crippen molar-refractivity contribution in [3.63, 3.8) is 0 Å². The third-order valence-electron chi connectivity index (χ3n) is 6.62. The maximum absolute atomic E-state index is 15.1. The van der Waals surface area contributed by atoms with Gasteiger partial charge in [0.05, 0.1) is 12.5 Å². The van der Waals surface area contributed by atoms with Crippen LogP contribution in [0.15, 0.2) is 36.4 Å². The molecule has 174 valence electrons. The Morgan fingerprint density at radius 3 is 2.55 bits per heavy atom. The highest BCUT2D eigenvalue weighted by molar-refractivity contribution is 5.93. The van der Waals surface area contributed by atoms with Gasteiger partial charge in [-0.05, 0) is 48.7 Å². The molecule has 8 heteroatoms. The van der Waals surface area contributed by atoms with Crippen LogP contribution in [0.2, 0.25) is 0 Å². The number of carbonyl (C=O) groups excluding carboxylic acids is 2. The van der Waals surface area contributed by atoms with Gasteiger partial charge in [0, 0.05) is 37.8 Å². The molecule has 1 amide bonds. The third kappa shape index (κ3) is 4.34. The van der Waals surface area contributed by atoms with Crippen LogP contribution in [-0.4, -0.2) is 46.4 Å². The number of nitrogens with zero attached hydrogens (tertiary/aromatic N) is 1. The highest BCUT2D eigenvalue weighted by atomic mass is 19.1. The number of likely N-dealkylation sites (tertiary alicyclic amines) is 1. The van der Waals surface area contributed by atoms with E-state index in [9.17, 15) is 23.9 Å². The van der Waals surface area contributed by atoms with Gasteiger partial charge >= 0.3 is 5.97 Å². The second kappa shape index (κ2) is 8.57. The summed E-state index contributed by atoms with van der Waals surface area (Å²) in [5, 5.41) is 9.66. The van der Waals surface area contributed by atoms with Gasteiger partial charge in [-0.1, -0.05) is 12.1 Å². The first-order chi connectivity index (χ1) is 15.6. The lowest BCUT2D eigenvalue weighted by molar-refractivity contribution is -0.155. The zero-order valence-electron chi connectivity index (χ0n) is 18.4. The number of amides is 1. The molecule has 2 heterocycles. The van der Waals surface area contributed by atoms with Crippen molar-refractivity contribution in [2.75, 3.05) is 13.2 Å². The van der Waals surface area contributed by atoms with E-state index in [1.165, 1.54) is 49.1 Å². The highest BCUT2D eigenvalue weighted by Gasteiger charge is 2.50. The minimum Gasteiger partial charge on any atom is -0.493 e. The van der Waals surface area contributed by atoms with Gasteiger partial charge in [-0.3, -0.25) is 9.59 Å². The first-order valence-corrected chi connectivity index (χ1v) is 10.8. The molecule has 0 bridgehead atoms. The van der Waals surface area contributed by atoms with Gasteiger partial charge in [-0.25, -0.2) is 13.6 Å². The van der Waals surface area contributed by atoms with Gasteiger partial charge in [-0.15, -0.1) is 0 Å². The maximum atomic E-state index is 15.1. The van der Waals surface area contributed by atoms with Crippen LogP contribution in [0.25, 0.3) is 0 Å². The Kier molecular flexibility index (Phi) is 5.95. The van der Waals surface area contributed by atoms with Gasteiger partial charge < -0.3 is 14.7 Å². The molecule has 0 saturated carbocycles. The van der Waals surface area contributed by atoms with Crippen LogP contribution in [0.4, 0.5) is 8.78 Å². The van der Waals surface area contributed by atoms with E-state index in [0.717, 1.165) is 5.56 Å². The highest BCUT2D eigenvalue weighted by Crippen LogP contribution is 2.42. The summed E-state index contributed by atoms with van der Waals surface area (Å²) in [4.78, 5) is 39.2. The van der Waals surface area contributed by atoms with Gasteiger partial charge in [-0.2, -0.15) is 0 Å². The summed E-state index contributed by atoms with van der Waals surface area (Å²) in [7, 11) is 0. The molecule has 1 saturated heterocycles. The van der Waals surface area contributed by atoms with Gasteiger partial charge in [0.25, 0.3) is 0 Å². The summed E-state index contributed by atoms with van der Waals surface area (Å²) in [5.41, 5.74) is 0.203. The quantitative estimate of drug-likeness (QED) is 0.688. The predicted octanol–water partition coefficient (Wildman–Crippen LogP) is 3.51. The molecule has 1 fully saturated rings. The zero-order valence-corrected chi connectivity index (χ0v) is 18.4. The number of benzene rings is 2. The van der Waals surface area contributed by atoms with Crippen LogP contribution in [-0.2, 0) is 27.2 Å². The van der Waals surface area contributed by atoms with Crippen molar-refractivity contribution in [2.24, 2.45) is 5.92 Å². The van der Waals surface area contributed by atoms with Crippen LogP contribution in [0.3, 0.4) is 0 Å². The van der Waals surface area contributed by atoms with Crippen LogP contribution < -0.4 is 4.74 Å². The SMILES string of the molecule is CC(C)(C(=O)O)N1C[C@@H](c2cc3c(cc2F)OCC3)[C@H](CC(=O)Cc2ccc(F)cc2)C1=O. The van der Waals surface area contributed by atoms with E-state index < -0.39 is 40.9 Å². The number of hydrogen-bond acceptors (Lipinski definition) is 4. The molecule has 4 rings (SSSR count). The van der Waals surface area contributed by atoms with Crippen molar-refractivity contribution >= 4 is 17.7 Å². The number of Topliss-reactive ketones (excluding diaryl/α,β-unsaturated/α-hetero) is 1. The van der Waals surface area contributed by atoms with Crippen molar-refractivity contribution in [1.82, 2.24) is 4.90 Å². The molecule has 0 aliphatic carbocycles. The van der Waals surface area contributed by atoms with E-state index in [1.807, 2.05) is 0 Å². The molecule has 0 radical (unpaired) electrons. The molecule has 0 unspecified atom stereocenters. The molecule has 0 spiro atoms. The van der Waals surface area contributed by atoms with Crippen molar-refractivity contribution in [2.45, 2.75) is 44.6 Å². The molecule has 2 atom stereocenters. The second-order valence-corrected chi connectivity index (χ2v) is 9.15. The standard InChI is InChI=1S/C25H25F2NO5/c1-25(2,24(31)32)28-13-20(18-10-15-7-8-33-22(15)12-21(18)27)19(23(28)30)11-17(29)9-14-3-5-16(26)6-4-14/h3-6,10,12,19-20H,7-9,11,13H2,1-2H3,(H,31,32)/t19-,20-/m0/s1. The van der Waals surface area contributed by atoms with Gasteiger partial charge in [0.1, 0.15) is 28.7 Å². The maximum Gasteiger partial charge on any atom is 0.329 e. The summed E-state index contributed by atoms with van der Waals surface area (Å²) < 4.78 is 33.6. The molecule has 2 aromatic carbocycles. The summed E-state index contributed by atoms with van der Waals surface area (Å²) in [5.74, 6) is -4.01. The second-order valence-electron chi connectivity index (χ2n) is 9.15. The Morgan fingerprint density at radius 2 is 1.88 bits per heavy atom. The fourth-order valence-corrected chi connectivity index (χ4v) is 4.60. The minimum absolute atomic E-state index is 0.000384. The molecule has 33 heavy (non-hydrogen) atoms. The number of halogens is 2. The number of aliphatic carboxylic acids is 1. The smallest absolute Gasteiger partial charge is 0.329 e. The van der Waals surface area contributed by atoms with E-state index in [1.54, 1.807) is 6.07 Å². The third-order valence-corrected chi connectivity index (χ3v) is 6.62. The van der Waals surface area contributed by atoms with E-state index >= 15 is 4.39 Å². The van der Waals surface area contributed by atoms with Crippen LogP contribution in [0.5, 0.6) is 5.75 Å². The summed E-state index contributed by atoms with van der Waals surface area (Å²) in [6, 6.07) is 8.48. The van der Waals surface area contributed by atoms with E-state index in [2.05, 4.69) is 0 Å². The summed E-state index contributed by atoms with van der Waals surface area (Å²) in [6.07, 6.45) is 0.446. The normalized spacial score (nSPS) is 20.0. The lowest BCUT2D eigenvalue weighted by atomic mass is 9.83. The van der Waals surface area contributed by atoms with Crippen molar-refractivity contribution in [3.05, 3.63) is 64.7 Å². The molecule has 0 aromatic heterocycles. The average Bonchev–Trinajstić information content (AvgIpc) is 3.33. The van der Waals surface area contributed by atoms with Crippen LogP contribution >= 0.6 is 0 Å². The predicted molar refractivity (Wildman–Crippen MR) is 115 cm³/mol. The molecular formula is C25H25F2NO5. The Labute approximate surface area is 190 Å². The van der Waals surface area contributed by atoms with E-state index in [-0.39, 0.29) is 30.7 Å². The molecule has 2 aromatic rings. The molecule has 6 nitrogen and oxygen atoms in total. The zero-order chi connectivity index (χ0) is 23.9. The number of ether oxygens (including phenoxy) is 1. The van der Waals surface area contributed by atoms with Crippen molar-refractivity contribution < 1.29 is 33.0 Å². The lowest BCUT2D eigenvalue weighted by Gasteiger charge is -2.31. The number of carboxylic acids is 1. The fourth-order valence-electron chi connectivity index (χ4n) is 4.60. The molecular weight excluding hydrogens is 432 g/mol. The largest absolute Gasteiger partial charge is 0.493 e. The number of fused-ring (bicyclic) bond motifs is 1. The molecule has 2 aliphatic rings. The van der Waals surface area contributed by atoms with Crippen molar-refractivity contribution in [1.29, 1.82) is 0 Å². The average molecular weight is 457 g/mol. The Bertz CT molecular complexity index is 1110. The van der Waals surface area contributed by atoms with Gasteiger partial charge in [0.15, 0.2) is 0 Å². The molecule has 2 aliphatic heterocycles. The summed E-state index contributed by atoms with van der Waals surface area (Å²) in [6.45, 7) is 3.27. The lowest BCUT2D eigenvalue weighted by Crippen LogP contribution is -2.51. The fraction of sp³-hybridized carbons (Fsp3) is 0.400. The first kappa shape index (κ1) is 22.9. The van der Waals surface area contributed by atoms with E-state index in [0.29, 0.717) is 24.3 Å². The molecule has 1 N–H and O–H groups in total. The number of carboxylic acid groups (broad SMARTS) is 1. The van der Waals surface area contributed by atoms with E-state index in [4.69, 9.17) is 4.74 Å². The number of carbonyl (C=O) groups is 3. The first-order valence-electron chi connectivity index (χ1n) is 10.8. The number of rotatable bonds is 7. The van der Waals surface area contributed by atoms with Crippen LogP contribution in [0.1, 0.15) is 42.9 Å². The Morgan fingerprint density at radius 1 is 1.18 bits per heavy atom. The van der Waals surface area contributed by atoms with Crippen LogP contribution in [0, 0.1) is 17.6 Å². The summed E-state index contributed by atoms with van der Waals surface area (Å²) >= 11 is 0. The number of hydrogen-bond donors (Lipinski definition) is 1.